The van der Waals surface area contributed by atoms with Gasteiger partial charge in [-0.1, -0.05) is 0 Å². The van der Waals surface area contributed by atoms with E-state index >= 15 is 0 Å². The van der Waals surface area contributed by atoms with Crippen molar-refractivity contribution >= 4 is 27.7 Å². The topological polar surface area (TPSA) is 125 Å². The lowest BCUT2D eigenvalue weighted by atomic mass is 10.1. The average Bonchev–Trinajstić information content (AvgIpc) is 2.59. The summed E-state index contributed by atoms with van der Waals surface area (Å²) < 4.78 is 29.2. The molecule has 0 aliphatic carbocycles. The molecule has 1 aromatic rings. The van der Waals surface area contributed by atoms with Crippen molar-refractivity contribution in [1.29, 1.82) is 0 Å². The highest BCUT2D eigenvalue weighted by Gasteiger charge is 2.27. The Morgan fingerprint density at radius 2 is 1.73 bits per heavy atom. The van der Waals surface area contributed by atoms with Crippen molar-refractivity contribution in [2.24, 2.45) is 0 Å². The van der Waals surface area contributed by atoms with Gasteiger partial charge in [-0.15, -0.1) is 4.83 Å². The van der Waals surface area contributed by atoms with Crippen LogP contribution in [0.5, 0.6) is 0 Å². The molecule has 26 heavy (non-hydrogen) atoms. The van der Waals surface area contributed by atoms with E-state index in [0.29, 0.717) is 26.2 Å². The molecule has 3 N–H and O–H groups in total. The van der Waals surface area contributed by atoms with Crippen molar-refractivity contribution in [2.75, 3.05) is 53.1 Å². The number of benzene rings is 1. The minimum Gasteiger partial charge on any atom is -0.453 e. The Hall–Kier alpha value is -2.37. The Morgan fingerprint density at radius 3 is 2.27 bits per heavy atom. The molecule has 0 spiro atoms. The lowest BCUT2D eigenvalue weighted by Crippen LogP contribution is -2.50. The van der Waals surface area contributed by atoms with E-state index in [-0.39, 0.29) is 22.1 Å². The van der Waals surface area contributed by atoms with Gasteiger partial charge in [0.2, 0.25) is 0 Å². The molecule has 2 rings (SSSR count). The van der Waals surface area contributed by atoms with Gasteiger partial charge in [0.25, 0.3) is 15.9 Å². The van der Waals surface area contributed by atoms with Crippen LogP contribution in [-0.2, 0) is 14.8 Å². The summed E-state index contributed by atoms with van der Waals surface area (Å²) in [5.41, 5.74) is 6.18. The molecule has 0 radical (unpaired) electrons. The summed E-state index contributed by atoms with van der Waals surface area (Å²) in [5, 5.41) is 1.29. The molecule has 1 aromatic carbocycles. The predicted molar refractivity (Wildman–Crippen MR) is 94.7 cm³/mol. The summed E-state index contributed by atoms with van der Waals surface area (Å²) in [6, 6.07) is 3.99. The number of sulfonamides is 1. The number of anilines is 1. The number of ether oxygens (including phenoxy) is 1. The van der Waals surface area contributed by atoms with Gasteiger partial charge >= 0.3 is 6.09 Å². The fourth-order valence-corrected chi connectivity index (χ4v) is 3.68. The molecule has 0 bridgehead atoms. The number of hydrogen-bond acceptors (Lipinski definition) is 7. The second-order valence-corrected chi connectivity index (χ2v) is 7.65. The van der Waals surface area contributed by atoms with E-state index in [4.69, 9.17) is 5.73 Å². The maximum Gasteiger partial charge on any atom is 0.409 e. The van der Waals surface area contributed by atoms with E-state index in [2.05, 4.69) is 9.57 Å². The number of methoxy groups -OCH3 is 1. The molecular weight excluding hydrogens is 362 g/mol. The SMILES string of the molecule is COC(=O)N1CCN(C(=O)c2cc(S(=O)(=O)NN(C)C)ccc2N)CC1. The molecule has 1 heterocycles. The second kappa shape index (κ2) is 7.89. The van der Waals surface area contributed by atoms with Crippen LogP contribution in [0.1, 0.15) is 10.4 Å². The van der Waals surface area contributed by atoms with E-state index in [0.717, 1.165) is 0 Å². The van der Waals surface area contributed by atoms with Crippen LogP contribution < -0.4 is 10.6 Å². The van der Waals surface area contributed by atoms with Crippen molar-refractivity contribution in [3.63, 3.8) is 0 Å². The Kier molecular flexibility index (Phi) is 6.05. The predicted octanol–water partition coefficient (Wildman–Crippen LogP) is -0.452. The maximum absolute atomic E-state index is 12.8. The molecule has 2 amide bonds. The van der Waals surface area contributed by atoms with Crippen LogP contribution in [0, 0.1) is 0 Å². The Morgan fingerprint density at radius 1 is 1.15 bits per heavy atom. The van der Waals surface area contributed by atoms with E-state index in [1.165, 1.54) is 40.1 Å². The van der Waals surface area contributed by atoms with E-state index in [1.54, 1.807) is 14.1 Å². The van der Waals surface area contributed by atoms with Gasteiger partial charge in [-0.25, -0.2) is 18.2 Å². The second-order valence-electron chi connectivity index (χ2n) is 5.99. The third-order valence-corrected chi connectivity index (χ3v) is 5.35. The van der Waals surface area contributed by atoms with E-state index in [1.807, 2.05) is 0 Å². The molecule has 10 nitrogen and oxygen atoms in total. The molecule has 11 heteroatoms. The van der Waals surface area contributed by atoms with Crippen molar-refractivity contribution in [2.45, 2.75) is 4.90 Å². The Balaban J connectivity index is 2.19. The van der Waals surface area contributed by atoms with Gasteiger partial charge in [0.05, 0.1) is 17.6 Å². The number of hydrazine groups is 1. The van der Waals surface area contributed by atoms with E-state index in [9.17, 15) is 18.0 Å². The standard InChI is InChI=1S/C15H23N5O5S/c1-18(2)17-26(23,24)11-4-5-13(16)12(10-11)14(21)19-6-8-20(9-7-19)15(22)25-3/h4-5,10,17H,6-9,16H2,1-3H3. The Bertz CT molecular complexity index is 788. The number of hydrogen-bond donors (Lipinski definition) is 2. The average molecular weight is 385 g/mol. The van der Waals surface area contributed by atoms with E-state index < -0.39 is 16.1 Å². The van der Waals surface area contributed by atoms with Gasteiger partial charge in [-0.2, -0.15) is 0 Å². The van der Waals surface area contributed by atoms with Gasteiger partial charge in [0.1, 0.15) is 0 Å². The molecule has 144 valence electrons. The highest BCUT2D eigenvalue weighted by atomic mass is 32.2. The minimum atomic E-state index is -3.81. The number of carbonyl (C=O) groups is 2. The van der Waals surface area contributed by atoms with Crippen LogP contribution in [-0.4, -0.2) is 82.6 Å². The summed E-state index contributed by atoms with van der Waals surface area (Å²) >= 11 is 0. The van der Waals surface area contributed by atoms with Gasteiger partial charge in [0, 0.05) is 46.0 Å². The normalized spacial score (nSPS) is 15.2. The van der Waals surface area contributed by atoms with Crippen LogP contribution in [0.25, 0.3) is 0 Å². The van der Waals surface area contributed by atoms with Gasteiger partial charge < -0.3 is 20.3 Å². The van der Waals surface area contributed by atoms with Crippen LogP contribution in [0.15, 0.2) is 23.1 Å². The smallest absolute Gasteiger partial charge is 0.409 e. The number of nitrogen functional groups attached to an aromatic ring is 1. The highest BCUT2D eigenvalue weighted by Crippen LogP contribution is 2.20. The zero-order valence-electron chi connectivity index (χ0n) is 14.9. The van der Waals surface area contributed by atoms with Crippen LogP contribution in [0.2, 0.25) is 0 Å². The number of amides is 2. The molecule has 1 aliphatic heterocycles. The monoisotopic (exact) mass is 385 g/mol. The minimum absolute atomic E-state index is 0.0584. The number of nitrogens with zero attached hydrogens (tertiary/aromatic N) is 3. The quantitative estimate of drug-likeness (QED) is 0.531. The van der Waals surface area contributed by atoms with Crippen LogP contribution >= 0.6 is 0 Å². The fraction of sp³-hybridized carbons (Fsp3) is 0.467. The number of carbonyl (C=O) groups excluding carboxylic acids is 2. The summed E-state index contributed by atoms with van der Waals surface area (Å²) in [6.45, 7) is 1.28. The number of rotatable bonds is 4. The molecule has 1 saturated heterocycles. The summed E-state index contributed by atoms with van der Waals surface area (Å²) in [7, 11) is 0.580. The first-order valence-corrected chi connectivity index (χ1v) is 9.35. The van der Waals surface area contributed by atoms with Crippen LogP contribution in [0.3, 0.4) is 0 Å². The van der Waals surface area contributed by atoms with Gasteiger partial charge in [-0.3, -0.25) is 4.79 Å². The maximum atomic E-state index is 12.8. The summed E-state index contributed by atoms with van der Waals surface area (Å²) in [5.74, 6) is -0.381. The van der Waals surface area contributed by atoms with Gasteiger partial charge in [-0.05, 0) is 18.2 Å². The van der Waals surface area contributed by atoms with Gasteiger partial charge in [0.15, 0.2) is 0 Å². The first kappa shape index (κ1) is 19.9. The van der Waals surface area contributed by atoms with Crippen molar-refractivity contribution in [1.82, 2.24) is 19.6 Å². The molecule has 0 atom stereocenters. The molecule has 1 fully saturated rings. The summed E-state index contributed by atoms with van der Waals surface area (Å²) in [4.78, 5) is 29.5. The number of nitrogens with two attached hydrogens (primary N) is 1. The van der Waals surface area contributed by atoms with Crippen molar-refractivity contribution < 1.29 is 22.7 Å². The van der Waals surface area contributed by atoms with Crippen molar-refractivity contribution in [3.05, 3.63) is 23.8 Å². The lowest BCUT2D eigenvalue weighted by molar-refractivity contribution is 0.0600. The zero-order chi connectivity index (χ0) is 19.5. The lowest BCUT2D eigenvalue weighted by Gasteiger charge is -2.34. The molecule has 1 aliphatic rings. The molecule has 0 unspecified atom stereocenters. The first-order chi connectivity index (χ1) is 12.2. The molecular formula is C15H23N5O5S. The largest absolute Gasteiger partial charge is 0.453 e. The third-order valence-electron chi connectivity index (χ3n) is 3.87. The number of nitrogens with one attached hydrogen (secondary N) is 1. The van der Waals surface area contributed by atoms with Crippen LogP contribution in [0.4, 0.5) is 10.5 Å². The molecule has 0 aromatic heterocycles. The molecule has 0 saturated carbocycles. The first-order valence-electron chi connectivity index (χ1n) is 7.87. The zero-order valence-corrected chi connectivity index (χ0v) is 15.7. The highest BCUT2D eigenvalue weighted by molar-refractivity contribution is 7.89. The van der Waals surface area contributed by atoms with Crippen molar-refractivity contribution in [3.8, 4) is 0 Å². The fourth-order valence-electron chi connectivity index (χ4n) is 2.57. The summed E-state index contributed by atoms with van der Waals surface area (Å²) in [6.07, 6.45) is -0.445. The number of piperazine rings is 1. The third kappa shape index (κ3) is 4.42. The Labute approximate surface area is 152 Å².